The van der Waals surface area contributed by atoms with Crippen molar-refractivity contribution >= 4 is 39.1 Å². The van der Waals surface area contributed by atoms with Gasteiger partial charge in [-0.25, -0.2) is 8.42 Å². The normalized spacial score (nSPS) is 21.2. The highest BCUT2D eigenvalue weighted by molar-refractivity contribution is 7.89. The van der Waals surface area contributed by atoms with Crippen LogP contribution in [0.25, 0.3) is 0 Å². The molecule has 2 saturated heterocycles. The number of sulfonamides is 1. The maximum absolute atomic E-state index is 13.2. The monoisotopic (exact) mass is 491 g/mol. The van der Waals surface area contributed by atoms with E-state index < -0.39 is 10.0 Å². The van der Waals surface area contributed by atoms with Crippen LogP contribution >= 0.6 is 23.2 Å². The van der Waals surface area contributed by atoms with Gasteiger partial charge >= 0.3 is 0 Å². The highest BCUT2D eigenvalue weighted by Crippen LogP contribution is 2.34. The SMILES string of the molecule is O=C(COCC1CCCCN1S(=O)(=O)c1c(Cl)cccc1Cl)NCCN1CCCCC1. The average molecular weight is 492 g/mol. The Labute approximate surface area is 195 Å². The lowest BCUT2D eigenvalue weighted by Crippen LogP contribution is -2.46. The summed E-state index contributed by atoms with van der Waals surface area (Å²) in [5.74, 6) is -0.184. The zero-order chi connectivity index (χ0) is 22.3. The predicted molar refractivity (Wildman–Crippen MR) is 122 cm³/mol. The lowest BCUT2D eigenvalue weighted by Gasteiger charge is -2.34. The summed E-state index contributed by atoms with van der Waals surface area (Å²) < 4.78 is 33.5. The summed E-state index contributed by atoms with van der Waals surface area (Å²) in [7, 11) is -3.87. The van der Waals surface area contributed by atoms with Crippen molar-refractivity contribution in [3.63, 3.8) is 0 Å². The molecule has 1 atom stereocenters. The van der Waals surface area contributed by atoms with Crippen LogP contribution in [0.1, 0.15) is 38.5 Å². The summed E-state index contributed by atoms with van der Waals surface area (Å²) in [4.78, 5) is 14.4. The summed E-state index contributed by atoms with van der Waals surface area (Å²) >= 11 is 12.3. The molecule has 3 rings (SSSR count). The van der Waals surface area contributed by atoms with E-state index in [9.17, 15) is 13.2 Å². The van der Waals surface area contributed by atoms with Crippen molar-refractivity contribution in [2.24, 2.45) is 0 Å². The fraction of sp³-hybridized carbons (Fsp3) is 0.667. The van der Waals surface area contributed by atoms with E-state index >= 15 is 0 Å². The van der Waals surface area contributed by atoms with Crippen LogP contribution in [-0.4, -0.2) is 75.5 Å². The molecule has 0 aliphatic carbocycles. The minimum atomic E-state index is -3.87. The third-order valence-electron chi connectivity index (χ3n) is 5.80. The van der Waals surface area contributed by atoms with Crippen molar-refractivity contribution in [2.75, 3.05) is 45.9 Å². The molecule has 2 aliphatic rings. The minimum Gasteiger partial charge on any atom is -0.370 e. The second-order valence-electron chi connectivity index (χ2n) is 8.08. The number of rotatable bonds is 9. The first-order valence-corrected chi connectivity index (χ1v) is 13.1. The summed E-state index contributed by atoms with van der Waals surface area (Å²) in [6.07, 6.45) is 6.05. The number of nitrogens with zero attached hydrogens (tertiary/aromatic N) is 2. The van der Waals surface area contributed by atoms with Gasteiger partial charge in [0.25, 0.3) is 0 Å². The molecule has 2 heterocycles. The van der Waals surface area contributed by atoms with Crippen molar-refractivity contribution in [2.45, 2.75) is 49.5 Å². The van der Waals surface area contributed by atoms with Gasteiger partial charge in [0.15, 0.2) is 0 Å². The number of nitrogens with one attached hydrogen (secondary N) is 1. The van der Waals surface area contributed by atoms with Crippen LogP contribution in [0.2, 0.25) is 10.0 Å². The molecule has 0 spiro atoms. The van der Waals surface area contributed by atoms with E-state index in [1.807, 2.05) is 0 Å². The molecule has 0 radical (unpaired) electrons. The molecule has 1 N–H and O–H groups in total. The maximum Gasteiger partial charge on any atom is 0.246 e. The van der Waals surface area contributed by atoms with E-state index in [2.05, 4.69) is 10.2 Å². The second kappa shape index (κ2) is 11.8. The summed E-state index contributed by atoms with van der Waals surface area (Å²) in [5, 5.41) is 3.08. The number of halogens is 2. The number of hydrogen-bond donors (Lipinski definition) is 1. The van der Waals surface area contributed by atoms with Crippen LogP contribution in [0.15, 0.2) is 23.1 Å². The van der Waals surface area contributed by atoms with Crippen molar-refractivity contribution in [3.8, 4) is 0 Å². The number of benzene rings is 1. The van der Waals surface area contributed by atoms with Gasteiger partial charge in [0.05, 0.1) is 16.7 Å². The fourth-order valence-electron chi connectivity index (χ4n) is 4.18. The lowest BCUT2D eigenvalue weighted by atomic mass is 10.1. The zero-order valence-corrected chi connectivity index (χ0v) is 20.0. The number of carbonyl (C=O) groups is 1. The molecule has 1 aromatic carbocycles. The third-order valence-corrected chi connectivity index (χ3v) is 8.71. The van der Waals surface area contributed by atoms with Crippen LogP contribution < -0.4 is 5.32 Å². The highest BCUT2D eigenvalue weighted by atomic mass is 35.5. The van der Waals surface area contributed by atoms with Crippen LogP contribution in [0, 0.1) is 0 Å². The molecule has 1 unspecified atom stereocenters. The Balaban J connectivity index is 1.50. The zero-order valence-electron chi connectivity index (χ0n) is 17.7. The first-order chi connectivity index (χ1) is 14.9. The molecular formula is C21H31Cl2N3O4S. The smallest absolute Gasteiger partial charge is 0.246 e. The Morgan fingerprint density at radius 3 is 2.45 bits per heavy atom. The molecule has 1 aromatic rings. The van der Waals surface area contributed by atoms with E-state index in [-0.39, 0.29) is 40.1 Å². The van der Waals surface area contributed by atoms with Crippen molar-refractivity contribution in [1.82, 2.24) is 14.5 Å². The van der Waals surface area contributed by atoms with E-state index in [0.717, 1.165) is 32.5 Å². The number of hydrogen-bond acceptors (Lipinski definition) is 5. The molecule has 31 heavy (non-hydrogen) atoms. The first-order valence-electron chi connectivity index (χ1n) is 10.9. The van der Waals surface area contributed by atoms with Gasteiger partial charge < -0.3 is 15.0 Å². The van der Waals surface area contributed by atoms with E-state index in [1.54, 1.807) is 6.07 Å². The number of likely N-dealkylation sites (tertiary alicyclic amines) is 1. The standard InChI is InChI=1S/C21H31Cl2N3O4S/c22-18-8-6-9-19(23)21(18)31(28,29)26-13-5-2-7-17(26)15-30-16-20(27)24-10-14-25-11-3-1-4-12-25/h6,8-9,17H,1-5,7,10-16H2,(H,24,27). The van der Waals surface area contributed by atoms with E-state index in [0.29, 0.717) is 19.5 Å². The van der Waals surface area contributed by atoms with Gasteiger partial charge in [0, 0.05) is 25.7 Å². The second-order valence-corrected chi connectivity index (χ2v) is 10.7. The highest BCUT2D eigenvalue weighted by Gasteiger charge is 2.36. The Kier molecular flexibility index (Phi) is 9.43. The van der Waals surface area contributed by atoms with Crippen molar-refractivity contribution in [3.05, 3.63) is 28.2 Å². The Bertz CT molecular complexity index is 827. The van der Waals surface area contributed by atoms with Gasteiger partial charge in [0.2, 0.25) is 15.9 Å². The summed E-state index contributed by atoms with van der Waals surface area (Å²) in [6.45, 7) is 4.07. The molecule has 2 fully saturated rings. The predicted octanol–water partition coefficient (Wildman–Crippen LogP) is 3.16. The van der Waals surface area contributed by atoms with Gasteiger partial charge in [-0.2, -0.15) is 4.31 Å². The number of piperidine rings is 2. The molecular weight excluding hydrogens is 461 g/mol. The van der Waals surface area contributed by atoms with Gasteiger partial charge in [-0.3, -0.25) is 4.79 Å². The number of amides is 1. The largest absolute Gasteiger partial charge is 0.370 e. The Morgan fingerprint density at radius 2 is 1.74 bits per heavy atom. The molecule has 0 aromatic heterocycles. The van der Waals surface area contributed by atoms with Crippen molar-refractivity contribution < 1.29 is 17.9 Å². The Morgan fingerprint density at radius 1 is 1.06 bits per heavy atom. The fourth-order valence-corrected chi connectivity index (χ4v) is 6.95. The summed E-state index contributed by atoms with van der Waals surface area (Å²) in [5.41, 5.74) is 0. The lowest BCUT2D eigenvalue weighted by molar-refractivity contribution is -0.126. The van der Waals surface area contributed by atoms with Crippen LogP contribution in [0.4, 0.5) is 0 Å². The van der Waals surface area contributed by atoms with Crippen LogP contribution in [-0.2, 0) is 19.6 Å². The molecule has 2 aliphatic heterocycles. The van der Waals surface area contributed by atoms with Crippen LogP contribution in [0.3, 0.4) is 0 Å². The third kappa shape index (κ3) is 6.79. The molecule has 7 nitrogen and oxygen atoms in total. The average Bonchev–Trinajstić information content (AvgIpc) is 2.74. The molecule has 0 saturated carbocycles. The topological polar surface area (TPSA) is 78.9 Å². The van der Waals surface area contributed by atoms with E-state index in [4.69, 9.17) is 27.9 Å². The summed E-state index contributed by atoms with van der Waals surface area (Å²) in [6, 6.07) is 4.30. The minimum absolute atomic E-state index is 0.0688. The number of carbonyl (C=O) groups excluding carboxylic acids is 1. The maximum atomic E-state index is 13.2. The first kappa shape index (κ1) is 24.7. The molecule has 0 bridgehead atoms. The molecule has 174 valence electrons. The quantitative estimate of drug-likeness (QED) is 0.573. The van der Waals surface area contributed by atoms with Gasteiger partial charge in [-0.15, -0.1) is 0 Å². The van der Waals surface area contributed by atoms with Gasteiger partial charge in [-0.1, -0.05) is 42.1 Å². The van der Waals surface area contributed by atoms with Crippen LogP contribution in [0.5, 0.6) is 0 Å². The van der Waals surface area contributed by atoms with Crippen molar-refractivity contribution in [1.29, 1.82) is 0 Å². The van der Waals surface area contributed by atoms with E-state index in [1.165, 1.54) is 35.7 Å². The molecule has 1 amide bonds. The van der Waals surface area contributed by atoms with Gasteiger partial charge in [-0.05, 0) is 50.9 Å². The Hall–Kier alpha value is -0.900. The van der Waals surface area contributed by atoms with Gasteiger partial charge in [0.1, 0.15) is 11.5 Å². The molecule has 10 heteroatoms. The number of ether oxygens (including phenoxy) is 1.